The third-order valence-electron chi connectivity index (χ3n) is 6.88. The van der Waals surface area contributed by atoms with E-state index in [-0.39, 0.29) is 42.2 Å². The Morgan fingerprint density at radius 3 is 2.54 bits per heavy atom. The zero-order valence-electron chi connectivity index (χ0n) is 21.9. The van der Waals surface area contributed by atoms with Gasteiger partial charge in [0.2, 0.25) is 10.0 Å². The van der Waals surface area contributed by atoms with Gasteiger partial charge in [-0.2, -0.15) is 9.57 Å². The summed E-state index contributed by atoms with van der Waals surface area (Å²) in [6, 6.07) is 18.4. The van der Waals surface area contributed by atoms with Crippen LogP contribution in [0.25, 0.3) is 11.1 Å². The molecule has 0 fully saturated rings. The highest BCUT2D eigenvalue weighted by molar-refractivity contribution is 7.89. The van der Waals surface area contributed by atoms with Crippen LogP contribution in [0.3, 0.4) is 0 Å². The Kier molecular flexibility index (Phi) is 8.35. The summed E-state index contributed by atoms with van der Waals surface area (Å²) < 4.78 is 48.4. The van der Waals surface area contributed by atoms with Crippen molar-refractivity contribution in [1.82, 2.24) is 9.21 Å². The number of amides is 1. The molecule has 0 radical (unpaired) electrons. The molecule has 0 bridgehead atoms. The van der Waals surface area contributed by atoms with Gasteiger partial charge in [0.15, 0.2) is 0 Å². The Morgan fingerprint density at radius 1 is 1.18 bits per heavy atom. The van der Waals surface area contributed by atoms with Crippen LogP contribution in [-0.4, -0.2) is 67.5 Å². The van der Waals surface area contributed by atoms with Gasteiger partial charge in [-0.15, -0.1) is 0 Å². The van der Waals surface area contributed by atoms with Crippen LogP contribution in [-0.2, 0) is 10.0 Å². The Hall–Kier alpha value is -3.78. The second-order valence-corrected chi connectivity index (χ2v) is 11.6. The summed E-state index contributed by atoms with van der Waals surface area (Å²) >= 11 is 0. The Balaban J connectivity index is 1.75. The minimum Gasteiger partial charge on any atom is -0.487 e. The van der Waals surface area contributed by atoms with Crippen molar-refractivity contribution in [2.45, 2.75) is 30.9 Å². The number of hydrogen-bond donors (Lipinski definition) is 1. The third kappa shape index (κ3) is 5.96. The van der Waals surface area contributed by atoms with E-state index in [4.69, 9.17) is 4.74 Å². The summed E-state index contributed by atoms with van der Waals surface area (Å²) in [6.07, 6.45) is -0.609. The van der Waals surface area contributed by atoms with E-state index in [1.165, 1.54) is 39.5 Å². The van der Waals surface area contributed by atoms with Gasteiger partial charge in [0.25, 0.3) is 5.91 Å². The molecule has 3 atom stereocenters. The fourth-order valence-electron chi connectivity index (χ4n) is 4.56. The molecule has 1 N–H and O–H groups in total. The number of carbonyl (C=O) groups is 1. The zero-order valence-corrected chi connectivity index (χ0v) is 22.7. The van der Waals surface area contributed by atoms with Crippen molar-refractivity contribution in [2.24, 2.45) is 5.92 Å². The van der Waals surface area contributed by atoms with Crippen LogP contribution in [0, 0.1) is 23.1 Å². The predicted molar refractivity (Wildman–Crippen MR) is 144 cm³/mol. The van der Waals surface area contributed by atoms with Gasteiger partial charge < -0.3 is 14.7 Å². The third-order valence-corrected chi connectivity index (χ3v) is 8.90. The number of benzene rings is 3. The number of aliphatic hydroxyl groups excluding tert-OH is 1. The monoisotopic (exact) mass is 551 g/mol. The highest BCUT2D eigenvalue weighted by Crippen LogP contribution is 2.36. The second-order valence-electron chi connectivity index (χ2n) is 9.79. The van der Waals surface area contributed by atoms with E-state index in [0.29, 0.717) is 22.3 Å². The molecule has 39 heavy (non-hydrogen) atoms. The molecule has 8 nitrogen and oxygen atoms in total. The number of aliphatic hydroxyl groups is 1. The molecule has 1 aliphatic heterocycles. The first-order chi connectivity index (χ1) is 18.5. The summed E-state index contributed by atoms with van der Waals surface area (Å²) in [4.78, 5) is 14.5. The maximum atomic E-state index is 13.7. The summed E-state index contributed by atoms with van der Waals surface area (Å²) in [7, 11) is -2.43. The summed E-state index contributed by atoms with van der Waals surface area (Å²) in [5.74, 6) is -1.03. The molecule has 1 heterocycles. The minimum atomic E-state index is -4.03. The Morgan fingerprint density at radius 2 is 1.87 bits per heavy atom. The van der Waals surface area contributed by atoms with E-state index in [1.807, 2.05) is 13.0 Å². The van der Waals surface area contributed by atoms with Gasteiger partial charge in [0.1, 0.15) is 22.6 Å². The van der Waals surface area contributed by atoms with Gasteiger partial charge in [-0.3, -0.25) is 4.79 Å². The molecule has 0 aromatic heterocycles. The molecule has 0 aliphatic carbocycles. The maximum absolute atomic E-state index is 13.7. The number of carbonyl (C=O) groups excluding carboxylic acids is 1. The topological polar surface area (TPSA) is 111 Å². The van der Waals surface area contributed by atoms with Crippen LogP contribution < -0.4 is 4.74 Å². The van der Waals surface area contributed by atoms with Crippen LogP contribution in [0.2, 0.25) is 0 Å². The smallest absolute Gasteiger partial charge is 0.253 e. The van der Waals surface area contributed by atoms with E-state index in [0.717, 1.165) is 0 Å². The van der Waals surface area contributed by atoms with Crippen molar-refractivity contribution < 1.29 is 27.4 Å². The van der Waals surface area contributed by atoms with Crippen molar-refractivity contribution in [3.05, 3.63) is 83.7 Å². The average Bonchev–Trinajstić information content (AvgIpc) is 2.94. The van der Waals surface area contributed by atoms with E-state index in [2.05, 4.69) is 6.07 Å². The van der Waals surface area contributed by atoms with Crippen molar-refractivity contribution in [2.75, 3.05) is 26.7 Å². The molecule has 0 spiro atoms. The first-order valence-electron chi connectivity index (χ1n) is 12.5. The van der Waals surface area contributed by atoms with Gasteiger partial charge in [-0.25, -0.2) is 12.8 Å². The molecule has 1 amide bonds. The van der Waals surface area contributed by atoms with Crippen molar-refractivity contribution in [1.29, 1.82) is 5.26 Å². The lowest BCUT2D eigenvalue weighted by Crippen LogP contribution is -2.50. The zero-order chi connectivity index (χ0) is 28.3. The molecule has 1 aliphatic rings. The number of ether oxygens (including phenoxy) is 1. The molecular weight excluding hydrogens is 521 g/mol. The molecule has 4 rings (SSSR count). The van der Waals surface area contributed by atoms with E-state index in [9.17, 15) is 28.0 Å². The van der Waals surface area contributed by atoms with Gasteiger partial charge in [0, 0.05) is 31.1 Å². The summed E-state index contributed by atoms with van der Waals surface area (Å²) in [5.41, 5.74) is 2.15. The van der Waals surface area contributed by atoms with Crippen molar-refractivity contribution in [3.8, 4) is 22.9 Å². The number of fused-ring (bicyclic) bond motifs is 1. The van der Waals surface area contributed by atoms with Crippen molar-refractivity contribution >= 4 is 15.9 Å². The van der Waals surface area contributed by atoms with Gasteiger partial charge >= 0.3 is 0 Å². The molecule has 10 heteroatoms. The first-order valence-corrected chi connectivity index (χ1v) is 13.9. The fraction of sp³-hybridized carbons (Fsp3) is 0.310. The van der Waals surface area contributed by atoms with Crippen molar-refractivity contribution in [3.63, 3.8) is 0 Å². The van der Waals surface area contributed by atoms with Crippen LogP contribution in [0.15, 0.2) is 71.6 Å². The quantitative estimate of drug-likeness (QED) is 0.498. The lowest BCUT2D eigenvalue weighted by Gasteiger charge is -2.37. The van der Waals surface area contributed by atoms with Gasteiger partial charge in [-0.1, -0.05) is 25.1 Å². The first kappa shape index (κ1) is 28.2. The molecule has 0 saturated carbocycles. The largest absolute Gasteiger partial charge is 0.487 e. The van der Waals surface area contributed by atoms with Crippen LogP contribution >= 0.6 is 0 Å². The maximum Gasteiger partial charge on any atom is 0.253 e. The predicted octanol–water partition coefficient (Wildman–Crippen LogP) is 3.91. The number of likely N-dealkylation sites (N-methyl/N-ethyl adjacent to an activating group) is 1. The molecule has 3 aromatic rings. The minimum absolute atomic E-state index is 0.0487. The summed E-state index contributed by atoms with van der Waals surface area (Å²) in [5, 5.41) is 19.1. The molecule has 0 saturated heterocycles. The van der Waals surface area contributed by atoms with E-state index >= 15 is 0 Å². The second kappa shape index (κ2) is 11.5. The normalized spacial score (nSPS) is 19.5. The Labute approximate surface area is 227 Å². The Bertz CT molecular complexity index is 1500. The van der Waals surface area contributed by atoms with Crippen LogP contribution in [0.5, 0.6) is 5.75 Å². The number of sulfonamides is 1. The molecular formula is C29H30FN3O5S. The highest BCUT2D eigenvalue weighted by atomic mass is 32.2. The average molecular weight is 552 g/mol. The van der Waals surface area contributed by atoms with Gasteiger partial charge in [-0.05, 0) is 66.6 Å². The van der Waals surface area contributed by atoms with Crippen LogP contribution in [0.1, 0.15) is 29.8 Å². The van der Waals surface area contributed by atoms with E-state index < -0.39 is 28.0 Å². The number of rotatable bonds is 6. The molecule has 0 unspecified atom stereocenters. The number of hydrogen-bond acceptors (Lipinski definition) is 6. The SMILES string of the molecule is C[C@@H]1CN([C@@H](C)CO)S(=O)(=O)c2ccc(-c3cccc(C#N)c3)cc2O[C@@H]1CN(C)C(=O)c1ccc(F)cc1. The number of halogens is 1. The number of nitriles is 1. The lowest BCUT2D eigenvalue weighted by molar-refractivity contribution is 0.0564. The highest BCUT2D eigenvalue weighted by Gasteiger charge is 2.38. The van der Waals surface area contributed by atoms with Gasteiger partial charge in [0.05, 0.1) is 24.8 Å². The molecule has 204 valence electrons. The summed E-state index contributed by atoms with van der Waals surface area (Å²) in [6.45, 7) is 3.30. The van der Waals surface area contributed by atoms with E-state index in [1.54, 1.807) is 44.3 Å². The van der Waals surface area contributed by atoms with Crippen LogP contribution in [0.4, 0.5) is 4.39 Å². The fourth-order valence-corrected chi connectivity index (χ4v) is 6.38. The molecule has 3 aromatic carbocycles. The standard InChI is InChI=1S/C29H30FN3O5S/c1-19-16-33(20(2)18-34)39(36,37)28-12-9-24(23-6-4-5-21(13-23)15-31)14-26(28)38-27(19)17-32(3)29(35)22-7-10-25(30)11-8-22/h4-14,19-20,27,34H,16-18H2,1-3H3/t19-,20+,27-/m1/s1. The number of nitrogens with zero attached hydrogens (tertiary/aromatic N) is 3. The lowest BCUT2D eigenvalue weighted by atomic mass is 10.0.